The predicted molar refractivity (Wildman–Crippen MR) is 83.8 cm³/mol. The number of carbonyl (C=O) groups excluding carboxylic acids is 1. The van der Waals surface area contributed by atoms with Gasteiger partial charge in [-0.15, -0.1) is 0 Å². The number of hydrogen-bond acceptors (Lipinski definition) is 4. The van der Waals surface area contributed by atoms with Crippen molar-refractivity contribution >= 4 is 5.91 Å². The van der Waals surface area contributed by atoms with Gasteiger partial charge in [-0.3, -0.25) is 4.79 Å². The lowest BCUT2D eigenvalue weighted by Gasteiger charge is -2.21. The highest BCUT2D eigenvalue weighted by Crippen LogP contribution is 2.35. The number of primary amides is 1. The van der Waals surface area contributed by atoms with Crippen LogP contribution in [0.25, 0.3) is 0 Å². The molecule has 0 fully saturated rings. The number of rotatable bonds is 4. The van der Waals surface area contributed by atoms with E-state index in [1.54, 1.807) is 12.1 Å². The topological polar surface area (TPSA) is 91.2 Å². The molecule has 4 N–H and O–H groups in total. The van der Waals surface area contributed by atoms with Crippen molar-refractivity contribution in [3.63, 3.8) is 0 Å². The van der Waals surface area contributed by atoms with Crippen molar-refractivity contribution in [2.24, 2.45) is 11.5 Å². The summed E-state index contributed by atoms with van der Waals surface area (Å²) in [6.07, 6.45) is 5.86. The zero-order valence-electron chi connectivity index (χ0n) is 12.3. The van der Waals surface area contributed by atoms with Crippen molar-refractivity contribution in [3.8, 4) is 11.6 Å². The lowest BCUT2D eigenvalue weighted by Crippen LogP contribution is -2.11. The van der Waals surface area contributed by atoms with Gasteiger partial charge in [-0.25, -0.2) is 4.98 Å². The van der Waals surface area contributed by atoms with Gasteiger partial charge in [0.05, 0.1) is 5.56 Å². The normalized spacial score (nSPS) is 13.5. The molecule has 0 spiro atoms. The molecule has 5 nitrogen and oxygen atoms in total. The van der Waals surface area contributed by atoms with Crippen LogP contribution in [0.2, 0.25) is 0 Å². The fraction of sp³-hybridized carbons (Fsp3) is 0.294. The molecule has 1 amide bonds. The van der Waals surface area contributed by atoms with E-state index < -0.39 is 5.91 Å². The van der Waals surface area contributed by atoms with Crippen LogP contribution in [-0.2, 0) is 19.4 Å². The molecule has 1 aromatic carbocycles. The quantitative estimate of drug-likeness (QED) is 0.906. The van der Waals surface area contributed by atoms with Gasteiger partial charge in [0, 0.05) is 24.4 Å². The number of aryl methyl sites for hydroxylation is 1. The number of hydrogen-bond donors (Lipinski definition) is 2. The van der Waals surface area contributed by atoms with E-state index in [4.69, 9.17) is 16.2 Å². The summed E-state index contributed by atoms with van der Waals surface area (Å²) in [5, 5.41) is 0. The summed E-state index contributed by atoms with van der Waals surface area (Å²) < 4.78 is 5.99. The van der Waals surface area contributed by atoms with Crippen LogP contribution in [0.4, 0.5) is 0 Å². The van der Waals surface area contributed by atoms with Gasteiger partial charge >= 0.3 is 0 Å². The second-order valence-electron chi connectivity index (χ2n) is 5.45. The third kappa shape index (κ3) is 2.80. The van der Waals surface area contributed by atoms with E-state index in [9.17, 15) is 4.79 Å². The smallest absolute Gasteiger partial charge is 0.250 e. The molecule has 0 atom stereocenters. The number of benzene rings is 1. The van der Waals surface area contributed by atoms with E-state index in [0.717, 1.165) is 30.6 Å². The summed E-state index contributed by atoms with van der Waals surface area (Å²) in [6, 6.07) is 7.44. The Labute approximate surface area is 129 Å². The third-order valence-corrected chi connectivity index (χ3v) is 4.01. The largest absolute Gasteiger partial charge is 0.438 e. The molecule has 1 heterocycles. The van der Waals surface area contributed by atoms with Crippen LogP contribution in [0.5, 0.6) is 11.6 Å². The maximum absolute atomic E-state index is 11.1. The lowest BCUT2D eigenvalue weighted by molar-refractivity contribution is 0.1000. The molecule has 0 saturated carbocycles. The number of fused-ring (bicyclic) bond motifs is 1. The summed E-state index contributed by atoms with van der Waals surface area (Å²) in [5.41, 5.74) is 15.0. The molecule has 2 aromatic rings. The Balaban J connectivity index is 1.95. The van der Waals surface area contributed by atoms with Crippen molar-refractivity contribution in [2.45, 2.75) is 32.2 Å². The minimum atomic E-state index is -0.501. The Morgan fingerprint density at radius 2 is 2.00 bits per heavy atom. The molecule has 0 bridgehead atoms. The highest BCUT2D eigenvalue weighted by molar-refractivity contribution is 5.92. The minimum absolute atomic E-state index is 0.362. The summed E-state index contributed by atoms with van der Waals surface area (Å²) in [5.74, 6) is 0.761. The Bertz CT molecular complexity index is 696. The van der Waals surface area contributed by atoms with Crippen LogP contribution in [0.1, 0.15) is 39.9 Å². The number of nitrogens with two attached hydrogens (primary N) is 2. The van der Waals surface area contributed by atoms with E-state index in [2.05, 4.69) is 11.1 Å². The van der Waals surface area contributed by atoms with Gasteiger partial charge in [0.15, 0.2) is 0 Å². The first-order valence-electron chi connectivity index (χ1n) is 7.46. The van der Waals surface area contributed by atoms with Gasteiger partial charge in [0.1, 0.15) is 5.75 Å². The second kappa shape index (κ2) is 6.15. The maximum atomic E-state index is 11.1. The van der Waals surface area contributed by atoms with Gasteiger partial charge in [-0.05, 0) is 42.9 Å². The monoisotopic (exact) mass is 297 g/mol. The number of carbonyl (C=O) groups is 1. The van der Waals surface area contributed by atoms with E-state index in [0.29, 0.717) is 18.0 Å². The van der Waals surface area contributed by atoms with E-state index in [1.165, 1.54) is 23.7 Å². The van der Waals surface area contributed by atoms with Crippen molar-refractivity contribution in [1.29, 1.82) is 0 Å². The molecule has 0 unspecified atom stereocenters. The number of ether oxygens (including phenoxy) is 1. The molecular formula is C17H19N3O2. The minimum Gasteiger partial charge on any atom is -0.438 e. The Kier molecular flexibility index (Phi) is 4.06. The fourth-order valence-corrected chi connectivity index (χ4v) is 2.82. The molecule has 5 heteroatoms. The van der Waals surface area contributed by atoms with Gasteiger partial charge in [-0.1, -0.05) is 12.1 Å². The second-order valence-corrected chi connectivity index (χ2v) is 5.45. The lowest BCUT2D eigenvalue weighted by atomic mass is 9.89. The average Bonchev–Trinajstić information content (AvgIpc) is 2.55. The van der Waals surface area contributed by atoms with Gasteiger partial charge in [0.2, 0.25) is 11.8 Å². The highest BCUT2D eigenvalue weighted by atomic mass is 16.5. The average molecular weight is 297 g/mol. The van der Waals surface area contributed by atoms with Crippen LogP contribution in [0, 0.1) is 0 Å². The van der Waals surface area contributed by atoms with Crippen molar-refractivity contribution in [2.75, 3.05) is 0 Å². The van der Waals surface area contributed by atoms with Gasteiger partial charge < -0.3 is 16.2 Å². The molecule has 3 rings (SSSR count). The number of aromatic nitrogens is 1. The molecule has 1 aliphatic rings. The molecule has 0 radical (unpaired) electrons. The van der Waals surface area contributed by atoms with Crippen LogP contribution >= 0.6 is 0 Å². The number of amides is 1. The van der Waals surface area contributed by atoms with Crippen molar-refractivity contribution in [1.82, 2.24) is 4.98 Å². The first kappa shape index (κ1) is 14.5. The molecular weight excluding hydrogens is 278 g/mol. The Morgan fingerprint density at radius 3 is 2.68 bits per heavy atom. The zero-order chi connectivity index (χ0) is 15.5. The third-order valence-electron chi connectivity index (χ3n) is 4.01. The maximum Gasteiger partial charge on any atom is 0.250 e. The van der Waals surface area contributed by atoms with Crippen molar-refractivity contribution < 1.29 is 9.53 Å². The Morgan fingerprint density at radius 1 is 1.18 bits per heavy atom. The summed E-state index contributed by atoms with van der Waals surface area (Å²) in [7, 11) is 0. The van der Waals surface area contributed by atoms with Gasteiger partial charge in [0.25, 0.3) is 0 Å². The predicted octanol–water partition coefficient (Wildman–Crippen LogP) is 2.31. The first-order valence-corrected chi connectivity index (χ1v) is 7.46. The Hall–Kier alpha value is -2.40. The molecule has 0 aliphatic heterocycles. The number of nitrogens with zero attached hydrogens (tertiary/aromatic N) is 1. The SMILES string of the molecule is NCc1ccc2c(c1Oc1ccc(C(N)=O)cn1)CCCC2. The van der Waals surface area contributed by atoms with Crippen molar-refractivity contribution in [3.05, 3.63) is 52.7 Å². The zero-order valence-corrected chi connectivity index (χ0v) is 12.3. The van der Waals surface area contributed by atoms with Crippen LogP contribution < -0.4 is 16.2 Å². The van der Waals surface area contributed by atoms with Crippen LogP contribution in [0.3, 0.4) is 0 Å². The summed E-state index contributed by atoms with van der Waals surface area (Å²) in [4.78, 5) is 15.2. The highest BCUT2D eigenvalue weighted by Gasteiger charge is 2.18. The molecule has 0 saturated heterocycles. The summed E-state index contributed by atoms with van der Waals surface area (Å²) >= 11 is 0. The first-order chi connectivity index (χ1) is 10.7. The van der Waals surface area contributed by atoms with E-state index in [-0.39, 0.29) is 0 Å². The summed E-state index contributed by atoms with van der Waals surface area (Å²) in [6.45, 7) is 0.419. The molecule has 22 heavy (non-hydrogen) atoms. The molecule has 1 aliphatic carbocycles. The van der Waals surface area contributed by atoms with Gasteiger partial charge in [-0.2, -0.15) is 0 Å². The van der Waals surface area contributed by atoms with E-state index >= 15 is 0 Å². The molecule has 1 aromatic heterocycles. The fourth-order valence-electron chi connectivity index (χ4n) is 2.82. The molecule has 114 valence electrons. The standard InChI is InChI=1S/C17H19N3O2/c18-9-12-6-5-11-3-1-2-4-14(11)16(12)22-15-8-7-13(10-20-15)17(19)21/h5-8,10H,1-4,9,18H2,(H2,19,21). The van der Waals surface area contributed by atoms with Crippen LogP contribution in [0.15, 0.2) is 30.5 Å². The van der Waals surface area contributed by atoms with Crippen LogP contribution in [-0.4, -0.2) is 10.9 Å². The van der Waals surface area contributed by atoms with E-state index in [1.807, 2.05) is 6.07 Å². The number of pyridine rings is 1.